The first kappa shape index (κ1) is 11.5. The van der Waals surface area contributed by atoms with E-state index in [1.54, 1.807) is 0 Å². The summed E-state index contributed by atoms with van der Waals surface area (Å²) in [5.41, 5.74) is 0.934. The van der Waals surface area contributed by atoms with Gasteiger partial charge in [0.15, 0.2) is 6.61 Å². The number of ether oxygens (including phenoxy) is 1. The lowest BCUT2D eigenvalue weighted by molar-refractivity contribution is -0.122. The molecule has 1 aromatic rings. The summed E-state index contributed by atoms with van der Waals surface area (Å²) in [5.74, 6) is 0.916. The minimum absolute atomic E-state index is 0.0863. The minimum Gasteiger partial charge on any atom is -0.482 e. The van der Waals surface area contributed by atoms with Crippen molar-refractivity contribution in [3.63, 3.8) is 0 Å². The first-order chi connectivity index (χ1) is 8.75. The maximum atomic E-state index is 12.1. The molecule has 96 valence electrons. The average Bonchev–Trinajstić information content (AvgIpc) is 2.40. The number of para-hydroxylation sites is 2. The van der Waals surface area contributed by atoms with E-state index in [0.29, 0.717) is 6.04 Å². The van der Waals surface area contributed by atoms with Crippen LogP contribution in [0.5, 0.6) is 5.75 Å². The summed E-state index contributed by atoms with van der Waals surface area (Å²) in [7, 11) is 2.13. The second-order valence-corrected chi connectivity index (χ2v) is 5.05. The van der Waals surface area contributed by atoms with Crippen molar-refractivity contribution in [3.05, 3.63) is 24.3 Å². The first-order valence-electron chi connectivity index (χ1n) is 6.48. The van der Waals surface area contributed by atoms with Gasteiger partial charge in [-0.1, -0.05) is 12.1 Å². The first-order valence-corrected chi connectivity index (χ1v) is 6.48. The molecule has 0 aliphatic carbocycles. The molecule has 0 N–H and O–H groups in total. The standard InChI is InChI=1S/C14H18N2O2/c1-15-8-6-11(7-9-15)16-12-4-2-3-5-13(12)18-10-14(16)17/h2-5,11H,6-10H2,1H3. The molecule has 0 aromatic heterocycles. The minimum atomic E-state index is 0.0863. The van der Waals surface area contributed by atoms with Crippen LogP contribution in [0.1, 0.15) is 12.8 Å². The van der Waals surface area contributed by atoms with Crippen LogP contribution in [0.25, 0.3) is 0 Å². The molecular weight excluding hydrogens is 228 g/mol. The van der Waals surface area contributed by atoms with Crippen molar-refractivity contribution >= 4 is 11.6 Å². The lowest BCUT2D eigenvalue weighted by atomic mass is 10.0. The van der Waals surface area contributed by atoms with E-state index in [9.17, 15) is 4.79 Å². The Morgan fingerprint density at radius 2 is 1.94 bits per heavy atom. The van der Waals surface area contributed by atoms with E-state index in [1.165, 1.54) is 0 Å². The molecule has 0 spiro atoms. The highest BCUT2D eigenvalue weighted by atomic mass is 16.5. The normalized spacial score (nSPS) is 21.6. The summed E-state index contributed by atoms with van der Waals surface area (Å²) in [6.07, 6.45) is 2.08. The number of hydrogen-bond donors (Lipinski definition) is 0. The highest BCUT2D eigenvalue weighted by Gasteiger charge is 2.32. The van der Waals surface area contributed by atoms with Crippen LogP contribution in [0.15, 0.2) is 24.3 Å². The van der Waals surface area contributed by atoms with Gasteiger partial charge in [0.1, 0.15) is 5.75 Å². The molecule has 2 aliphatic rings. The fourth-order valence-corrected chi connectivity index (χ4v) is 2.78. The number of fused-ring (bicyclic) bond motifs is 1. The quantitative estimate of drug-likeness (QED) is 0.753. The Balaban J connectivity index is 1.88. The van der Waals surface area contributed by atoms with Crippen molar-refractivity contribution in [1.82, 2.24) is 4.90 Å². The zero-order valence-electron chi connectivity index (χ0n) is 10.6. The number of nitrogens with zero attached hydrogens (tertiary/aromatic N) is 2. The Bertz CT molecular complexity index is 453. The third-order valence-electron chi connectivity index (χ3n) is 3.80. The van der Waals surface area contributed by atoms with Crippen LogP contribution in [0, 0.1) is 0 Å². The van der Waals surface area contributed by atoms with Gasteiger partial charge in [-0.05, 0) is 45.1 Å². The molecule has 4 heteroatoms. The third kappa shape index (κ3) is 1.97. The number of carbonyl (C=O) groups excluding carboxylic acids is 1. The van der Waals surface area contributed by atoms with Gasteiger partial charge < -0.3 is 14.5 Å². The number of rotatable bonds is 1. The van der Waals surface area contributed by atoms with Gasteiger partial charge in [0.2, 0.25) is 0 Å². The van der Waals surface area contributed by atoms with Crippen LogP contribution in [0.3, 0.4) is 0 Å². The van der Waals surface area contributed by atoms with E-state index < -0.39 is 0 Å². The largest absolute Gasteiger partial charge is 0.482 e. The number of amides is 1. The molecule has 1 fully saturated rings. The van der Waals surface area contributed by atoms with Gasteiger partial charge in [0.25, 0.3) is 5.91 Å². The Kier molecular flexibility index (Phi) is 2.96. The van der Waals surface area contributed by atoms with Crippen LogP contribution in [0.4, 0.5) is 5.69 Å². The topological polar surface area (TPSA) is 32.8 Å². The molecular formula is C14H18N2O2. The summed E-state index contributed by atoms with van der Waals surface area (Å²) in [6, 6.07) is 8.14. The van der Waals surface area contributed by atoms with Crippen molar-refractivity contribution in [2.24, 2.45) is 0 Å². The monoisotopic (exact) mass is 246 g/mol. The number of anilines is 1. The third-order valence-corrected chi connectivity index (χ3v) is 3.80. The van der Waals surface area contributed by atoms with Gasteiger partial charge in [-0.15, -0.1) is 0 Å². The average molecular weight is 246 g/mol. The van der Waals surface area contributed by atoms with E-state index in [0.717, 1.165) is 37.4 Å². The Hall–Kier alpha value is -1.55. The zero-order chi connectivity index (χ0) is 12.5. The predicted octanol–water partition coefficient (Wildman–Crippen LogP) is 1.51. The molecule has 3 rings (SSSR count). The summed E-state index contributed by atoms with van der Waals surface area (Å²) in [4.78, 5) is 16.4. The van der Waals surface area contributed by atoms with Crippen molar-refractivity contribution in [3.8, 4) is 5.75 Å². The number of benzene rings is 1. The maximum Gasteiger partial charge on any atom is 0.265 e. The molecule has 0 bridgehead atoms. The summed E-state index contributed by atoms with van der Waals surface area (Å²) >= 11 is 0. The van der Waals surface area contributed by atoms with E-state index in [-0.39, 0.29) is 12.5 Å². The molecule has 1 amide bonds. The van der Waals surface area contributed by atoms with Crippen LogP contribution in [-0.2, 0) is 4.79 Å². The van der Waals surface area contributed by atoms with E-state index in [1.807, 2.05) is 29.2 Å². The summed E-state index contributed by atoms with van der Waals surface area (Å²) in [6.45, 7) is 2.28. The lowest BCUT2D eigenvalue weighted by Crippen LogP contribution is -2.50. The van der Waals surface area contributed by atoms with Crippen LogP contribution in [-0.4, -0.2) is 43.6 Å². The van der Waals surface area contributed by atoms with Crippen molar-refractivity contribution in [2.45, 2.75) is 18.9 Å². The Morgan fingerprint density at radius 1 is 1.22 bits per heavy atom. The SMILES string of the molecule is CN1CCC(N2C(=O)COc3ccccc32)CC1. The predicted molar refractivity (Wildman–Crippen MR) is 69.9 cm³/mol. The molecule has 0 radical (unpaired) electrons. The zero-order valence-corrected chi connectivity index (χ0v) is 10.6. The van der Waals surface area contributed by atoms with Crippen LogP contribution in [0.2, 0.25) is 0 Å². The second-order valence-electron chi connectivity index (χ2n) is 5.05. The van der Waals surface area contributed by atoms with Crippen molar-refractivity contribution in [2.75, 3.05) is 31.6 Å². The number of carbonyl (C=O) groups is 1. The van der Waals surface area contributed by atoms with Crippen molar-refractivity contribution < 1.29 is 9.53 Å². The fraction of sp³-hybridized carbons (Fsp3) is 0.500. The molecule has 1 aromatic carbocycles. The molecule has 2 aliphatic heterocycles. The number of likely N-dealkylation sites (tertiary alicyclic amines) is 1. The molecule has 2 heterocycles. The van der Waals surface area contributed by atoms with Crippen LogP contribution >= 0.6 is 0 Å². The van der Waals surface area contributed by atoms with Gasteiger partial charge in [-0.25, -0.2) is 0 Å². The smallest absolute Gasteiger partial charge is 0.265 e. The highest BCUT2D eigenvalue weighted by molar-refractivity contribution is 5.98. The van der Waals surface area contributed by atoms with Gasteiger partial charge in [-0.3, -0.25) is 4.79 Å². The fourth-order valence-electron chi connectivity index (χ4n) is 2.78. The molecule has 18 heavy (non-hydrogen) atoms. The van der Waals surface area contributed by atoms with Crippen molar-refractivity contribution in [1.29, 1.82) is 0 Å². The maximum absolute atomic E-state index is 12.1. The molecule has 4 nitrogen and oxygen atoms in total. The van der Waals surface area contributed by atoms with E-state index >= 15 is 0 Å². The van der Waals surface area contributed by atoms with E-state index in [2.05, 4.69) is 11.9 Å². The summed E-state index contributed by atoms with van der Waals surface area (Å²) in [5, 5.41) is 0. The lowest BCUT2D eigenvalue weighted by Gasteiger charge is -2.39. The Labute approximate surface area is 107 Å². The molecule has 0 unspecified atom stereocenters. The molecule has 1 saturated heterocycles. The number of hydrogen-bond acceptors (Lipinski definition) is 3. The van der Waals surface area contributed by atoms with Crippen LogP contribution < -0.4 is 9.64 Å². The Morgan fingerprint density at radius 3 is 2.72 bits per heavy atom. The van der Waals surface area contributed by atoms with E-state index in [4.69, 9.17) is 4.74 Å². The summed E-state index contributed by atoms with van der Waals surface area (Å²) < 4.78 is 5.48. The van der Waals surface area contributed by atoms with Gasteiger partial charge >= 0.3 is 0 Å². The number of piperidine rings is 1. The molecule has 0 saturated carbocycles. The molecule has 0 atom stereocenters. The van der Waals surface area contributed by atoms with Gasteiger partial charge in [0, 0.05) is 6.04 Å². The highest BCUT2D eigenvalue weighted by Crippen LogP contribution is 2.34. The second kappa shape index (κ2) is 4.61. The van der Waals surface area contributed by atoms with Gasteiger partial charge in [-0.2, -0.15) is 0 Å². The van der Waals surface area contributed by atoms with Gasteiger partial charge in [0.05, 0.1) is 5.69 Å².